The van der Waals surface area contributed by atoms with Crippen molar-refractivity contribution in [1.29, 1.82) is 0 Å². The van der Waals surface area contributed by atoms with Crippen LogP contribution in [0.2, 0.25) is 0 Å². The number of aliphatic hydroxyl groups is 1. The summed E-state index contributed by atoms with van der Waals surface area (Å²) in [6, 6.07) is 7.97. The number of ether oxygens (including phenoxy) is 1. The Labute approximate surface area is 196 Å². The van der Waals surface area contributed by atoms with Crippen molar-refractivity contribution in [1.82, 2.24) is 20.1 Å². The number of alkyl halides is 1. The van der Waals surface area contributed by atoms with Crippen LogP contribution < -0.4 is 10.1 Å². The van der Waals surface area contributed by atoms with Crippen LogP contribution >= 0.6 is 0 Å². The third-order valence-electron chi connectivity index (χ3n) is 5.79. The molecule has 182 valence electrons. The van der Waals surface area contributed by atoms with Crippen molar-refractivity contribution in [3.63, 3.8) is 0 Å². The number of carbonyl (C=O) groups is 1. The molecule has 9 nitrogen and oxygen atoms in total. The number of amides is 1. The first-order valence-corrected chi connectivity index (χ1v) is 12.7. The number of halogens is 1. The predicted molar refractivity (Wildman–Crippen MR) is 125 cm³/mol. The molecule has 0 spiro atoms. The summed E-state index contributed by atoms with van der Waals surface area (Å²) in [4.78, 5) is 17.3. The van der Waals surface area contributed by atoms with Gasteiger partial charge in [-0.15, -0.1) is 0 Å². The van der Waals surface area contributed by atoms with E-state index in [2.05, 4.69) is 15.4 Å². The fourth-order valence-electron chi connectivity index (χ4n) is 4.10. The lowest BCUT2D eigenvalue weighted by Crippen LogP contribution is -2.63. The van der Waals surface area contributed by atoms with E-state index in [4.69, 9.17) is 4.74 Å². The number of aliphatic hydroxyl groups excluding tert-OH is 1. The van der Waals surface area contributed by atoms with Crippen LogP contribution in [0.1, 0.15) is 44.1 Å². The molecule has 11 heteroatoms. The van der Waals surface area contributed by atoms with Crippen molar-refractivity contribution in [2.75, 3.05) is 11.5 Å². The highest BCUT2D eigenvalue weighted by atomic mass is 32.2. The van der Waals surface area contributed by atoms with E-state index in [1.807, 2.05) is 0 Å². The van der Waals surface area contributed by atoms with Crippen molar-refractivity contribution in [3.8, 4) is 17.0 Å². The Morgan fingerprint density at radius 2 is 1.97 bits per heavy atom. The van der Waals surface area contributed by atoms with Crippen LogP contribution in [0, 0.1) is 0 Å². The number of nitrogens with zero attached hydrogens (tertiary/aromatic N) is 3. The summed E-state index contributed by atoms with van der Waals surface area (Å²) in [5, 5.41) is 17.6. The van der Waals surface area contributed by atoms with Gasteiger partial charge < -0.3 is 15.2 Å². The molecule has 2 aromatic heterocycles. The van der Waals surface area contributed by atoms with Crippen LogP contribution in [0.15, 0.2) is 36.5 Å². The number of hydrogen-bond acceptors (Lipinski definition) is 7. The fourth-order valence-corrected chi connectivity index (χ4v) is 6.11. The van der Waals surface area contributed by atoms with E-state index >= 15 is 0 Å². The summed E-state index contributed by atoms with van der Waals surface area (Å²) < 4.78 is 43.2. The maximum absolute atomic E-state index is 13.3. The zero-order valence-electron chi connectivity index (χ0n) is 19.3. The minimum atomic E-state index is -3.12. The van der Waals surface area contributed by atoms with Gasteiger partial charge >= 0.3 is 0 Å². The van der Waals surface area contributed by atoms with E-state index in [-0.39, 0.29) is 17.1 Å². The van der Waals surface area contributed by atoms with Crippen molar-refractivity contribution < 1.29 is 27.4 Å². The molecule has 2 N–H and O–H groups in total. The number of rotatable bonds is 7. The van der Waals surface area contributed by atoms with Gasteiger partial charge in [0.25, 0.3) is 5.91 Å². The minimum Gasteiger partial charge on any atom is -0.461 e. The third-order valence-corrected chi connectivity index (χ3v) is 7.94. The molecule has 1 unspecified atom stereocenters. The number of aromatic nitrogens is 3. The van der Waals surface area contributed by atoms with Gasteiger partial charge in [-0.2, -0.15) is 5.10 Å². The standard InChI is InChI=1S/C23H27FN4O5S/c1-13(14(2)29)28-19-9-17(22(30)26-23(4)11-34(31,32)12-23)10-25-21(19)20(27-28)16-6-5-7-18(8-16)33-15(3)24/h5-10,13-15,29H,11-12H2,1-4H3,(H,26,30)/t13-,14+,15?/m1/s1. The summed E-state index contributed by atoms with van der Waals surface area (Å²) in [6.45, 7) is 6.40. The van der Waals surface area contributed by atoms with Gasteiger partial charge in [-0.3, -0.25) is 14.5 Å². The molecule has 3 atom stereocenters. The smallest absolute Gasteiger partial charge is 0.253 e. The molecule has 0 saturated carbocycles. The maximum atomic E-state index is 13.3. The van der Waals surface area contributed by atoms with Gasteiger partial charge in [-0.1, -0.05) is 12.1 Å². The second-order valence-electron chi connectivity index (χ2n) is 9.10. The molecule has 0 bridgehead atoms. The number of benzene rings is 1. The molecule has 0 radical (unpaired) electrons. The van der Waals surface area contributed by atoms with E-state index in [1.165, 1.54) is 13.1 Å². The number of fused-ring (bicyclic) bond motifs is 1. The van der Waals surface area contributed by atoms with Crippen LogP contribution in [0.3, 0.4) is 0 Å². The Kier molecular flexibility index (Phi) is 6.11. The van der Waals surface area contributed by atoms with Crippen LogP contribution in [0.25, 0.3) is 22.3 Å². The molecule has 4 rings (SSSR count). The quantitative estimate of drug-likeness (QED) is 0.522. The van der Waals surface area contributed by atoms with Crippen LogP contribution in [-0.4, -0.2) is 63.7 Å². The van der Waals surface area contributed by atoms with Crippen LogP contribution in [-0.2, 0) is 9.84 Å². The number of sulfone groups is 1. The summed E-state index contributed by atoms with van der Waals surface area (Å²) in [7, 11) is -3.12. The van der Waals surface area contributed by atoms with Gasteiger partial charge in [-0.05, 0) is 39.0 Å². The molecule has 1 aliphatic heterocycles. The summed E-state index contributed by atoms with van der Waals surface area (Å²) in [6.07, 6.45) is -0.818. The Morgan fingerprint density at radius 3 is 2.59 bits per heavy atom. The molecule has 1 saturated heterocycles. The van der Waals surface area contributed by atoms with Crippen molar-refractivity contribution in [2.45, 2.75) is 51.7 Å². The van der Waals surface area contributed by atoms with E-state index in [1.54, 1.807) is 55.8 Å². The lowest BCUT2D eigenvalue weighted by Gasteiger charge is -2.38. The minimum absolute atomic E-state index is 0.113. The number of pyridine rings is 1. The zero-order valence-corrected chi connectivity index (χ0v) is 20.1. The Morgan fingerprint density at radius 1 is 1.26 bits per heavy atom. The summed E-state index contributed by atoms with van der Waals surface area (Å²) in [5.74, 6) is -0.340. The van der Waals surface area contributed by atoms with Crippen LogP contribution in [0.4, 0.5) is 4.39 Å². The molecule has 0 aliphatic carbocycles. The molecular formula is C23H27FN4O5S. The highest BCUT2D eigenvalue weighted by Crippen LogP contribution is 2.32. The van der Waals surface area contributed by atoms with Gasteiger partial charge in [0.1, 0.15) is 17.0 Å². The number of hydrogen-bond donors (Lipinski definition) is 2. The topological polar surface area (TPSA) is 123 Å². The monoisotopic (exact) mass is 490 g/mol. The largest absolute Gasteiger partial charge is 0.461 e. The molecule has 34 heavy (non-hydrogen) atoms. The average molecular weight is 491 g/mol. The summed E-state index contributed by atoms with van der Waals surface area (Å²) >= 11 is 0. The third kappa shape index (κ3) is 4.76. The second kappa shape index (κ2) is 8.62. The van der Waals surface area contributed by atoms with Crippen molar-refractivity contribution in [2.24, 2.45) is 0 Å². The molecular weight excluding hydrogens is 463 g/mol. The van der Waals surface area contributed by atoms with Crippen molar-refractivity contribution >= 4 is 26.8 Å². The average Bonchev–Trinajstić information content (AvgIpc) is 3.09. The molecule has 3 aromatic rings. The first kappa shape index (κ1) is 24.1. The molecule has 1 aliphatic rings. The zero-order chi connectivity index (χ0) is 24.8. The second-order valence-corrected chi connectivity index (χ2v) is 11.2. The van der Waals surface area contributed by atoms with E-state index in [9.17, 15) is 22.7 Å². The van der Waals surface area contributed by atoms with Crippen LogP contribution in [0.5, 0.6) is 5.75 Å². The van der Waals surface area contributed by atoms with E-state index in [0.29, 0.717) is 28.0 Å². The van der Waals surface area contributed by atoms with E-state index in [0.717, 1.165) is 0 Å². The molecule has 3 heterocycles. The van der Waals surface area contributed by atoms with Crippen molar-refractivity contribution in [3.05, 3.63) is 42.1 Å². The highest BCUT2D eigenvalue weighted by Gasteiger charge is 2.45. The maximum Gasteiger partial charge on any atom is 0.253 e. The number of carbonyl (C=O) groups excluding carboxylic acids is 1. The van der Waals surface area contributed by atoms with Gasteiger partial charge in [0.05, 0.1) is 40.3 Å². The predicted octanol–water partition coefficient (Wildman–Crippen LogP) is 2.65. The Hall–Kier alpha value is -3.05. The Balaban J connectivity index is 1.75. The molecule has 1 fully saturated rings. The fraction of sp³-hybridized carbons (Fsp3) is 0.435. The van der Waals surface area contributed by atoms with Gasteiger partial charge in [0.15, 0.2) is 9.84 Å². The highest BCUT2D eigenvalue weighted by molar-refractivity contribution is 7.93. The molecule has 1 aromatic carbocycles. The SMILES string of the molecule is CC(F)Oc1cccc(-c2nn([C@H](C)[C@H](C)O)c3cc(C(=O)NC4(C)CS(=O)(=O)C4)cnc23)c1. The normalized spacial score (nSPS) is 19.1. The number of nitrogens with one attached hydrogen (secondary N) is 1. The van der Waals surface area contributed by atoms with Gasteiger partial charge in [0.2, 0.25) is 6.36 Å². The van der Waals surface area contributed by atoms with E-state index < -0.39 is 39.8 Å². The van der Waals surface area contributed by atoms with Gasteiger partial charge in [0, 0.05) is 18.7 Å². The molecule has 1 amide bonds. The first-order chi connectivity index (χ1) is 15.9. The summed E-state index contributed by atoms with van der Waals surface area (Å²) in [5.41, 5.74) is 1.56. The Bertz CT molecular complexity index is 1340. The lowest BCUT2D eigenvalue weighted by atomic mass is 10.1. The lowest BCUT2D eigenvalue weighted by molar-refractivity contribution is 0.0860. The first-order valence-electron chi connectivity index (χ1n) is 10.9. The van der Waals surface area contributed by atoms with Gasteiger partial charge in [-0.25, -0.2) is 12.8 Å².